The van der Waals surface area contributed by atoms with Crippen LogP contribution in [0.4, 0.5) is 4.39 Å². The van der Waals surface area contributed by atoms with Gasteiger partial charge in [-0.1, -0.05) is 6.07 Å². The van der Waals surface area contributed by atoms with Crippen LogP contribution in [0, 0.1) is 5.82 Å². The average molecular weight is 263 g/mol. The molecular formula is C14H18FN3O. The van der Waals surface area contributed by atoms with Crippen LogP contribution in [0.15, 0.2) is 36.7 Å². The van der Waals surface area contributed by atoms with Gasteiger partial charge in [0.05, 0.1) is 13.7 Å². The smallest absolute Gasteiger partial charge is 0.131 e. The molecule has 0 fully saturated rings. The van der Waals surface area contributed by atoms with Crippen molar-refractivity contribution in [1.29, 1.82) is 0 Å². The molecule has 0 aliphatic rings. The Morgan fingerprint density at radius 2 is 2.32 bits per heavy atom. The Labute approximate surface area is 112 Å². The Bertz CT molecular complexity index is 513. The highest BCUT2D eigenvalue weighted by Crippen LogP contribution is 2.21. The molecule has 2 rings (SSSR count). The van der Waals surface area contributed by atoms with Crippen molar-refractivity contribution in [3.63, 3.8) is 0 Å². The first kappa shape index (κ1) is 13.5. The molecule has 0 saturated carbocycles. The minimum absolute atomic E-state index is 0.0542. The van der Waals surface area contributed by atoms with Crippen molar-refractivity contribution < 1.29 is 9.13 Å². The number of hydrogen-bond acceptors (Lipinski definition) is 3. The molecule has 1 N–H and O–H groups in total. The second kappa shape index (κ2) is 6.33. The number of benzene rings is 1. The van der Waals surface area contributed by atoms with Crippen LogP contribution in [-0.4, -0.2) is 23.4 Å². The summed E-state index contributed by atoms with van der Waals surface area (Å²) in [6, 6.07) is 6.75. The monoisotopic (exact) mass is 263 g/mol. The van der Waals surface area contributed by atoms with Gasteiger partial charge in [-0.2, -0.15) is 5.10 Å². The van der Waals surface area contributed by atoms with Crippen LogP contribution < -0.4 is 10.1 Å². The standard InChI is InChI=1S/C14H18FN3O/c1-11(16-7-9-18-8-3-6-17-18)13-5-4-12(19-2)10-14(13)15/h3-6,8,10-11,16H,7,9H2,1-2H3. The van der Waals surface area contributed by atoms with Crippen LogP contribution in [-0.2, 0) is 6.54 Å². The molecule has 0 spiro atoms. The number of methoxy groups -OCH3 is 1. The summed E-state index contributed by atoms with van der Waals surface area (Å²) in [6.45, 7) is 3.43. The lowest BCUT2D eigenvalue weighted by molar-refractivity contribution is 0.409. The molecule has 5 heteroatoms. The first-order valence-corrected chi connectivity index (χ1v) is 6.25. The Morgan fingerprint density at radius 3 is 2.95 bits per heavy atom. The zero-order chi connectivity index (χ0) is 13.7. The van der Waals surface area contributed by atoms with E-state index in [0.29, 0.717) is 11.3 Å². The zero-order valence-corrected chi connectivity index (χ0v) is 11.1. The lowest BCUT2D eigenvalue weighted by Crippen LogP contribution is -2.24. The van der Waals surface area contributed by atoms with Crippen LogP contribution in [0.2, 0.25) is 0 Å². The van der Waals surface area contributed by atoms with Crippen molar-refractivity contribution in [3.05, 3.63) is 48.0 Å². The predicted octanol–water partition coefficient (Wildman–Crippen LogP) is 2.38. The van der Waals surface area contributed by atoms with Gasteiger partial charge < -0.3 is 10.1 Å². The van der Waals surface area contributed by atoms with Gasteiger partial charge in [-0.25, -0.2) is 4.39 Å². The second-order valence-corrected chi connectivity index (χ2v) is 4.33. The lowest BCUT2D eigenvalue weighted by Gasteiger charge is -2.15. The van der Waals surface area contributed by atoms with Gasteiger partial charge in [-0.05, 0) is 19.1 Å². The number of halogens is 1. The first-order valence-electron chi connectivity index (χ1n) is 6.25. The van der Waals surface area contributed by atoms with E-state index in [9.17, 15) is 4.39 Å². The fourth-order valence-corrected chi connectivity index (χ4v) is 1.92. The summed E-state index contributed by atoms with van der Waals surface area (Å²) >= 11 is 0. The van der Waals surface area contributed by atoms with Crippen molar-refractivity contribution in [2.75, 3.05) is 13.7 Å². The van der Waals surface area contributed by atoms with E-state index in [1.54, 1.807) is 18.3 Å². The highest BCUT2D eigenvalue weighted by Gasteiger charge is 2.11. The molecule has 4 nitrogen and oxygen atoms in total. The van der Waals surface area contributed by atoms with Gasteiger partial charge >= 0.3 is 0 Å². The molecule has 102 valence electrons. The van der Waals surface area contributed by atoms with Gasteiger partial charge in [-0.15, -0.1) is 0 Å². The number of nitrogens with zero attached hydrogens (tertiary/aromatic N) is 2. The number of aromatic nitrogens is 2. The molecular weight excluding hydrogens is 245 g/mol. The molecule has 1 unspecified atom stereocenters. The normalized spacial score (nSPS) is 12.4. The minimum Gasteiger partial charge on any atom is -0.497 e. The summed E-state index contributed by atoms with van der Waals surface area (Å²) in [6.07, 6.45) is 3.65. The van der Waals surface area contributed by atoms with Gasteiger partial charge in [0.2, 0.25) is 0 Å². The summed E-state index contributed by atoms with van der Waals surface area (Å²) in [5.41, 5.74) is 0.640. The molecule has 0 aliphatic heterocycles. The van der Waals surface area contributed by atoms with Crippen molar-refractivity contribution >= 4 is 0 Å². The van der Waals surface area contributed by atoms with Crippen LogP contribution in [0.25, 0.3) is 0 Å². The maximum absolute atomic E-state index is 13.9. The van der Waals surface area contributed by atoms with Crippen LogP contribution >= 0.6 is 0 Å². The summed E-state index contributed by atoms with van der Waals surface area (Å²) in [5, 5.41) is 7.39. The second-order valence-electron chi connectivity index (χ2n) is 4.33. The van der Waals surface area contributed by atoms with E-state index in [2.05, 4.69) is 10.4 Å². The van der Waals surface area contributed by atoms with Crippen LogP contribution in [0.3, 0.4) is 0 Å². The Morgan fingerprint density at radius 1 is 1.47 bits per heavy atom. The summed E-state index contributed by atoms with van der Waals surface area (Å²) < 4.78 is 20.7. The Hall–Kier alpha value is -1.88. The van der Waals surface area contributed by atoms with Gasteiger partial charge in [0.25, 0.3) is 0 Å². The molecule has 1 heterocycles. The van der Waals surface area contributed by atoms with E-state index < -0.39 is 0 Å². The van der Waals surface area contributed by atoms with Crippen LogP contribution in [0.5, 0.6) is 5.75 Å². The zero-order valence-electron chi connectivity index (χ0n) is 11.1. The summed E-state index contributed by atoms with van der Waals surface area (Å²) in [7, 11) is 1.53. The quantitative estimate of drug-likeness (QED) is 0.869. The maximum atomic E-state index is 13.9. The van der Waals surface area contributed by atoms with Crippen molar-refractivity contribution in [3.8, 4) is 5.75 Å². The SMILES string of the molecule is COc1ccc(C(C)NCCn2cccn2)c(F)c1. The highest BCUT2D eigenvalue weighted by atomic mass is 19.1. The highest BCUT2D eigenvalue weighted by molar-refractivity contribution is 5.30. The lowest BCUT2D eigenvalue weighted by atomic mass is 10.1. The topological polar surface area (TPSA) is 39.1 Å². The van der Waals surface area contributed by atoms with Gasteiger partial charge in [-0.3, -0.25) is 4.68 Å². The third-order valence-corrected chi connectivity index (χ3v) is 3.02. The van der Waals surface area contributed by atoms with Gasteiger partial charge in [0.1, 0.15) is 11.6 Å². The molecule has 2 aromatic rings. The molecule has 0 saturated heterocycles. The Kier molecular flexibility index (Phi) is 4.52. The largest absolute Gasteiger partial charge is 0.497 e. The molecule has 0 bridgehead atoms. The van der Waals surface area contributed by atoms with Crippen molar-refractivity contribution in [2.45, 2.75) is 19.5 Å². The van der Waals surface area contributed by atoms with E-state index in [1.807, 2.05) is 23.9 Å². The molecule has 0 radical (unpaired) electrons. The molecule has 19 heavy (non-hydrogen) atoms. The van der Waals surface area contributed by atoms with E-state index in [0.717, 1.165) is 13.1 Å². The third kappa shape index (κ3) is 3.54. The fourth-order valence-electron chi connectivity index (χ4n) is 1.92. The predicted molar refractivity (Wildman–Crippen MR) is 71.6 cm³/mol. The van der Waals surface area contributed by atoms with Crippen molar-refractivity contribution in [1.82, 2.24) is 15.1 Å². The number of nitrogens with one attached hydrogen (secondary N) is 1. The minimum atomic E-state index is -0.251. The van der Waals surface area contributed by atoms with Crippen LogP contribution in [0.1, 0.15) is 18.5 Å². The van der Waals surface area contributed by atoms with Gasteiger partial charge in [0, 0.05) is 36.6 Å². The Balaban J connectivity index is 1.90. The van der Waals surface area contributed by atoms with E-state index in [4.69, 9.17) is 4.74 Å². The molecule has 1 atom stereocenters. The van der Waals surface area contributed by atoms with E-state index >= 15 is 0 Å². The summed E-state index contributed by atoms with van der Waals surface area (Å²) in [4.78, 5) is 0. The average Bonchev–Trinajstić information content (AvgIpc) is 2.91. The first-order chi connectivity index (χ1) is 9.20. The number of hydrogen-bond donors (Lipinski definition) is 1. The molecule has 1 aromatic carbocycles. The fraction of sp³-hybridized carbons (Fsp3) is 0.357. The molecule has 0 aliphatic carbocycles. The maximum Gasteiger partial charge on any atom is 0.131 e. The number of ether oxygens (including phenoxy) is 1. The molecule has 1 aromatic heterocycles. The third-order valence-electron chi connectivity index (χ3n) is 3.02. The summed E-state index contributed by atoms with van der Waals surface area (Å²) in [5.74, 6) is 0.281. The van der Waals surface area contributed by atoms with Gasteiger partial charge in [0.15, 0.2) is 0 Å². The van der Waals surface area contributed by atoms with E-state index in [1.165, 1.54) is 13.2 Å². The number of rotatable bonds is 6. The van der Waals surface area contributed by atoms with Crippen molar-refractivity contribution in [2.24, 2.45) is 0 Å². The molecule has 0 amide bonds. The van der Waals surface area contributed by atoms with E-state index in [-0.39, 0.29) is 11.9 Å².